The van der Waals surface area contributed by atoms with Gasteiger partial charge in [-0.2, -0.15) is 0 Å². The zero-order chi connectivity index (χ0) is 20.4. The molecule has 4 aromatic rings. The van der Waals surface area contributed by atoms with Gasteiger partial charge in [-0.1, -0.05) is 59.6 Å². The van der Waals surface area contributed by atoms with Crippen LogP contribution in [0.25, 0.3) is 11.0 Å². The van der Waals surface area contributed by atoms with E-state index in [2.05, 4.69) is 0 Å². The molecule has 0 aliphatic rings. The summed E-state index contributed by atoms with van der Waals surface area (Å²) in [6.45, 7) is 2.28. The van der Waals surface area contributed by atoms with Crippen LogP contribution in [0, 0.1) is 6.92 Å². The summed E-state index contributed by atoms with van der Waals surface area (Å²) in [5, 5.41) is 1.89. The van der Waals surface area contributed by atoms with E-state index in [0.29, 0.717) is 40.0 Å². The highest BCUT2D eigenvalue weighted by atomic mass is 35.5. The van der Waals surface area contributed by atoms with Crippen molar-refractivity contribution < 1.29 is 9.15 Å². The van der Waals surface area contributed by atoms with Gasteiger partial charge in [-0.3, -0.25) is 0 Å². The quantitative estimate of drug-likeness (QED) is 0.339. The average molecular weight is 425 g/mol. The fourth-order valence-electron chi connectivity index (χ4n) is 3.26. The van der Waals surface area contributed by atoms with Crippen molar-refractivity contribution in [2.45, 2.75) is 20.0 Å². The molecule has 0 unspecified atom stereocenters. The fourth-order valence-corrected chi connectivity index (χ4v) is 3.59. The van der Waals surface area contributed by atoms with Crippen LogP contribution in [-0.4, -0.2) is 0 Å². The molecule has 29 heavy (non-hydrogen) atoms. The first kappa shape index (κ1) is 19.6. The molecule has 0 bridgehead atoms. The number of rotatable bonds is 5. The van der Waals surface area contributed by atoms with Crippen molar-refractivity contribution in [2.75, 3.05) is 0 Å². The van der Waals surface area contributed by atoms with Gasteiger partial charge in [-0.15, -0.1) is 0 Å². The van der Waals surface area contributed by atoms with Gasteiger partial charge in [-0.05, 0) is 47.9 Å². The van der Waals surface area contributed by atoms with E-state index < -0.39 is 0 Å². The van der Waals surface area contributed by atoms with Gasteiger partial charge in [0.05, 0.1) is 10.0 Å². The number of halogens is 2. The summed E-state index contributed by atoms with van der Waals surface area (Å²) in [6.07, 6.45) is 0.542. The Labute approximate surface area is 178 Å². The van der Waals surface area contributed by atoms with E-state index in [0.717, 1.165) is 22.1 Å². The number of aryl methyl sites for hydroxylation is 1. The van der Waals surface area contributed by atoms with Gasteiger partial charge in [-0.25, -0.2) is 4.79 Å². The molecule has 0 aliphatic heterocycles. The number of fused-ring (bicyclic) bond motifs is 1. The van der Waals surface area contributed by atoms with E-state index in [1.807, 2.05) is 55.5 Å². The number of ether oxygens (including phenoxy) is 1. The summed E-state index contributed by atoms with van der Waals surface area (Å²) in [7, 11) is 0. The second kappa shape index (κ2) is 8.32. The highest BCUT2D eigenvalue weighted by Gasteiger charge is 2.13. The minimum absolute atomic E-state index is 0.319. The lowest BCUT2D eigenvalue weighted by Gasteiger charge is -2.11. The van der Waals surface area contributed by atoms with E-state index >= 15 is 0 Å². The Balaban J connectivity index is 1.60. The van der Waals surface area contributed by atoms with Crippen LogP contribution in [0.4, 0.5) is 0 Å². The van der Waals surface area contributed by atoms with E-state index in [4.69, 9.17) is 32.4 Å². The molecule has 1 heterocycles. The molecular weight excluding hydrogens is 407 g/mol. The van der Waals surface area contributed by atoms with Gasteiger partial charge >= 0.3 is 5.63 Å². The van der Waals surface area contributed by atoms with Gasteiger partial charge in [0.15, 0.2) is 0 Å². The van der Waals surface area contributed by atoms with Crippen molar-refractivity contribution in [3.8, 4) is 5.75 Å². The molecule has 1 aromatic heterocycles. The van der Waals surface area contributed by atoms with E-state index in [9.17, 15) is 4.79 Å². The number of hydrogen-bond acceptors (Lipinski definition) is 3. The van der Waals surface area contributed by atoms with Crippen LogP contribution in [0.2, 0.25) is 10.0 Å². The molecular formula is C24H18Cl2O3. The Kier molecular flexibility index (Phi) is 5.61. The maximum absolute atomic E-state index is 12.6. The summed E-state index contributed by atoms with van der Waals surface area (Å²) in [5.41, 5.74) is 3.76. The second-order valence-corrected chi connectivity index (χ2v) is 7.66. The van der Waals surface area contributed by atoms with E-state index in [1.165, 1.54) is 0 Å². The fraction of sp³-hybridized carbons (Fsp3) is 0.125. The molecule has 0 radical (unpaired) electrons. The van der Waals surface area contributed by atoms with Crippen LogP contribution >= 0.6 is 23.2 Å². The van der Waals surface area contributed by atoms with Crippen molar-refractivity contribution in [3.05, 3.63) is 109 Å². The van der Waals surface area contributed by atoms with Gasteiger partial charge in [0.1, 0.15) is 17.9 Å². The molecule has 0 fully saturated rings. The van der Waals surface area contributed by atoms with Crippen LogP contribution in [0.5, 0.6) is 5.75 Å². The maximum Gasteiger partial charge on any atom is 0.340 e. The van der Waals surface area contributed by atoms with Crippen LogP contribution in [0.1, 0.15) is 22.3 Å². The minimum Gasteiger partial charge on any atom is -0.489 e. The smallest absolute Gasteiger partial charge is 0.340 e. The minimum atomic E-state index is -0.319. The SMILES string of the molecule is Cc1c(Cc2ccccc2)c(=O)oc2cc(OCc3ccc(Cl)c(Cl)c3)ccc12. The summed E-state index contributed by atoms with van der Waals surface area (Å²) in [6, 6.07) is 20.8. The standard InChI is InChI=1S/C24H18Cl2O3/c1-15-19-9-8-18(28-14-17-7-10-21(25)22(26)12-17)13-23(19)29-24(27)20(15)11-16-5-3-2-4-6-16/h2-10,12-13H,11,14H2,1H3. The predicted molar refractivity (Wildman–Crippen MR) is 117 cm³/mol. The van der Waals surface area contributed by atoms with Crippen LogP contribution < -0.4 is 10.4 Å². The van der Waals surface area contributed by atoms with Crippen LogP contribution in [-0.2, 0) is 13.0 Å². The van der Waals surface area contributed by atoms with E-state index in [1.54, 1.807) is 18.2 Å². The van der Waals surface area contributed by atoms with Gasteiger partial charge in [0.25, 0.3) is 0 Å². The molecule has 0 spiro atoms. The molecule has 5 heteroatoms. The lowest BCUT2D eigenvalue weighted by atomic mass is 10.00. The topological polar surface area (TPSA) is 39.4 Å². The van der Waals surface area contributed by atoms with Crippen molar-refractivity contribution in [1.82, 2.24) is 0 Å². The van der Waals surface area contributed by atoms with Gasteiger partial charge < -0.3 is 9.15 Å². The van der Waals surface area contributed by atoms with Crippen LogP contribution in [0.15, 0.2) is 75.9 Å². The number of hydrogen-bond donors (Lipinski definition) is 0. The molecule has 146 valence electrons. The lowest BCUT2D eigenvalue weighted by molar-refractivity contribution is 0.306. The van der Waals surface area contributed by atoms with Crippen molar-refractivity contribution in [2.24, 2.45) is 0 Å². The summed E-state index contributed by atoms with van der Waals surface area (Å²) in [5.74, 6) is 0.613. The molecule has 0 saturated carbocycles. The van der Waals surface area contributed by atoms with Crippen molar-refractivity contribution in [3.63, 3.8) is 0 Å². The molecule has 0 saturated heterocycles. The molecule has 3 nitrogen and oxygen atoms in total. The zero-order valence-corrected chi connectivity index (χ0v) is 17.3. The highest BCUT2D eigenvalue weighted by Crippen LogP contribution is 2.27. The normalized spacial score (nSPS) is 11.0. The third-order valence-electron chi connectivity index (χ3n) is 4.87. The van der Waals surface area contributed by atoms with Crippen LogP contribution in [0.3, 0.4) is 0 Å². The highest BCUT2D eigenvalue weighted by molar-refractivity contribution is 6.42. The Morgan fingerprint density at radius 3 is 2.45 bits per heavy atom. The largest absolute Gasteiger partial charge is 0.489 e. The van der Waals surface area contributed by atoms with Crippen molar-refractivity contribution >= 4 is 34.2 Å². The predicted octanol–water partition coefficient (Wildman–Crippen LogP) is 6.58. The molecule has 0 atom stereocenters. The first-order valence-corrected chi connectivity index (χ1v) is 9.94. The Morgan fingerprint density at radius 1 is 0.897 bits per heavy atom. The molecule has 0 aliphatic carbocycles. The monoisotopic (exact) mass is 424 g/mol. The first-order valence-electron chi connectivity index (χ1n) is 9.18. The third-order valence-corrected chi connectivity index (χ3v) is 5.61. The molecule has 0 amide bonds. The molecule has 0 N–H and O–H groups in total. The van der Waals surface area contributed by atoms with Crippen molar-refractivity contribution in [1.29, 1.82) is 0 Å². The number of benzene rings is 3. The summed E-state index contributed by atoms with van der Waals surface area (Å²) >= 11 is 12.0. The first-order chi connectivity index (χ1) is 14.0. The Morgan fingerprint density at radius 2 is 1.69 bits per heavy atom. The lowest BCUT2D eigenvalue weighted by Crippen LogP contribution is -2.11. The Bertz CT molecular complexity index is 1230. The third kappa shape index (κ3) is 4.31. The zero-order valence-electron chi connectivity index (χ0n) is 15.7. The van der Waals surface area contributed by atoms with E-state index in [-0.39, 0.29) is 5.63 Å². The average Bonchev–Trinajstić information content (AvgIpc) is 2.72. The maximum atomic E-state index is 12.6. The molecule has 4 rings (SSSR count). The van der Waals surface area contributed by atoms with Gasteiger partial charge in [0.2, 0.25) is 0 Å². The second-order valence-electron chi connectivity index (χ2n) is 6.85. The summed E-state index contributed by atoms with van der Waals surface area (Å²) in [4.78, 5) is 12.6. The summed E-state index contributed by atoms with van der Waals surface area (Å²) < 4.78 is 11.4. The van der Waals surface area contributed by atoms with Gasteiger partial charge in [0, 0.05) is 23.4 Å². The Hall–Kier alpha value is -2.75. The molecule has 3 aromatic carbocycles.